The Morgan fingerprint density at radius 3 is 2.53 bits per heavy atom. The average Bonchev–Trinajstić information content (AvgIpc) is 2.61. The minimum absolute atomic E-state index is 0.0184. The Hall–Kier alpha value is -1.10. The Morgan fingerprint density at radius 2 is 2.07 bits per heavy atom. The lowest BCUT2D eigenvalue weighted by Gasteiger charge is -1.96. The predicted molar refractivity (Wildman–Crippen MR) is 56.7 cm³/mol. The van der Waals surface area contributed by atoms with Crippen LogP contribution in [0.15, 0.2) is 16.5 Å². The molecule has 0 radical (unpaired) electrons. The van der Waals surface area contributed by atoms with E-state index in [0.717, 1.165) is 18.4 Å². The molecule has 84 valence electrons. The van der Waals surface area contributed by atoms with Crippen LogP contribution in [0.1, 0.15) is 29.7 Å². The predicted octanol–water partition coefficient (Wildman–Crippen LogP) is 1.46. The number of carbonyl (C=O) groups is 1. The highest BCUT2D eigenvalue weighted by Crippen LogP contribution is 2.11. The third kappa shape index (κ3) is 3.87. The van der Waals surface area contributed by atoms with Crippen LogP contribution in [-0.2, 0) is 16.3 Å². The van der Waals surface area contributed by atoms with Gasteiger partial charge in [-0.05, 0) is 12.1 Å². The van der Waals surface area contributed by atoms with Gasteiger partial charge in [0.1, 0.15) is 15.6 Å². The molecular weight excluding hydrogens is 216 g/mol. The van der Waals surface area contributed by atoms with Gasteiger partial charge in [-0.3, -0.25) is 4.79 Å². The van der Waals surface area contributed by atoms with Gasteiger partial charge in [-0.2, -0.15) is 0 Å². The van der Waals surface area contributed by atoms with Crippen LogP contribution in [0, 0.1) is 0 Å². The first-order chi connectivity index (χ1) is 6.92. The van der Waals surface area contributed by atoms with Crippen molar-refractivity contribution in [3.05, 3.63) is 23.7 Å². The van der Waals surface area contributed by atoms with Gasteiger partial charge in [0.25, 0.3) is 0 Å². The number of carbonyl (C=O) groups excluding carboxylic acids is 1. The summed E-state index contributed by atoms with van der Waals surface area (Å²) in [5, 5.41) is 0. The summed E-state index contributed by atoms with van der Waals surface area (Å²) in [5.41, 5.74) is 0. The van der Waals surface area contributed by atoms with E-state index in [1.807, 2.05) is 6.92 Å². The molecule has 4 nitrogen and oxygen atoms in total. The van der Waals surface area contributed by atoms with Crippen LogP contribution in [0.3, 0.4) is 0 Å². The van der Waals surface area contributed by atoms with Crippen LogP contribution in [-0.4, -0.2) is 26.2 Å². The van der Waals surface area contributed by atoms with E-state index in [-0.39, 0.29) is 23.7 Å². The minimum atomic E-state index is -3.09. The van der Waals surface area contributed by atoms with E-state index in [1.165, 1.54) is 0 Å². The van der Waals surface area contributed by atoms with Gasteiger partial charge in [-0.15, -0.1) is 0 Å². The molecule has 0 aromatic carbocycles. The molecule has 0 spiro atoms. The number of hydrogen-bond acceptors (Lipinski definition) is 4. The van der Waals surface area contributed by atoms with Crippen LogP contribution in [0.4, 0.5) is 0 Å². The molecule has 5 heteroatoms. The molecule has 1 rings (SSSR count). The number of aryl methyl sites for hydroxylation is 1. The van der Waals surface area contributed by atoms with Gasteiger partial charge in [0.05, 0.1) is 5.75 Å². The summed E-state index contributed by atoms with van der Waals surface area (Å²) in [7, 11) is -3.09. The van der Waals surface area contributed by atoms with Gasteiger partial charge in [0.15, 0.2) is 11.5 Å². The van der Waals surface area contributed by atoms with Crippen molar-refractivity contribution in [3.8, 4) is 0 Å². The Morgan fingerprint density at radius 1 is 1.40 bits per heavy atom. The van der Waals surface area contributed by atoms with Gasteiger partial charge < -0.3 is 4.42 Å². The maximum absolute atomic E-state index is 11.5. The molecule has 0 aliphatic heterocycles. The Balaban J connectivity index is 2.62. The largest absolute Gasteiger partial charge is 0.458 e. The van der Waals surface area contributed by atoms with Gasteiger partial charge in [0, 0.05) is 19.1 Å². The Labute approximate surface area is 89.2 Å². The number of hydrogen-bond donors (Lipinski definition) is 0. The van der Waals surface area contributed by atoms with E-state index in [2.05, 4.69) is 0 Å². The van der Waals surface area contributed by atoms with E-state index >= 15 is 0 Å². The highest BCUT2D eigenvalue weighted by atomic mass is 32.2. The van der Waals surface area contributed by atoms with E-state index in [4.69, 9.17) is 4.42 Å². The fraction of sp³-hybridized carbons (Fsp3) is 0.500. The summed E-state index contributed by atoms with van der Waals surface area (Å²) in [6.07, 6.45) is 1.81. The standard InChI is InChI=1S/C10H14O4S/c1-3-8-4-5-10(14-8)9(11)6-7-15(2,12)13/h4-5H,3,6-7H2,1-2H3. The molecule has 1 aromatic rings. The van der Waals surface area contributed by atoms with Gasteiger partial charge >= 0.3 is 0 Å². The molecule has 0 atom stereocenters. The molecule has 0 saturated carbocycles. The van der Waals surface area contributed by atoms with E-state index in [9.17, 15) is 13.2 Å². The highest BCUT2D eigenvalue weighted by molar-refractivity contribution is 7.90. The van der Waals surface area contributed by atoms with Crippen molar-refractivity contribution in [2.24, 2.45) is 0 Å². The molecular formula is C10H14O4S. The summed E-state index contributed by atoms with van der Waals surface area (Å²) in [6, 6.07) is 3.32. The summed E-state index contributed by atoms with van der Waals surface area (Å²) in [4.78, 5) is 11.5. The molecule has 0 aliphatic carbocycles. The summed E-state index contributed by atoms with van der Waals surface area (Å²) >= 11 is 0. The third-order valence-electron chi connectivity index (χ3n) is 1.98. The monoisotopic (exact) mass is 230 g/mol. The van der Waals surface area contributed by atoms with E-state index in [0.29, 0.717) is 0 Å². The fourth-order valence-corrected chi connectivity index (χ4v) is 1.68. The van der Waals surface area contributed by atoms with Crippen molar-refractivity contribution in [2.45, 2.75) is 19.8 Å². The van der Waals surface area contributed by atoms with Gasteiger partial charge in [-0.25, -0.2) is 8.42 Å². The van der Waals surface area contributed by atoms with Crippen molar-refractivity contribution in [2.75, 3.05) is 12.0 Å². The lowest BCUT2D eigenvalue weighted by atomic mass is 10.2. The molecule has 0 N–H and O–H groups in total. The van der Waals surface area contributed by atoms with Crippen molar-refractivity contribution in [3.63, 3.8) is 0 Å². The number of ketones is 1. The second-order valence-corrected chi connectivity index (χ2v) is 5.68. The average molecular weight is 230 g/mol. The molecule has 0 amide bonds. The molecule has 15 heavy (non-hydrogen) atoms. The molecule has 1 aromatic heterocycles. The molecule has 0 bridgehead atoms. The maximum Gasteiger partial charge on any atom is 0.199 e. The van der Waals surface area contributed by atoms with Crippen LogP contribution in [0.2, 0.25) is 0 Å². The first kappa shape index (κ1) is 12.0. The zero-order valence-corrected chi connectivity index (χ0v) is 9.63. The molecule has 0 aliphatic rings. The van der Waals surface area contributed by atoms with Crippen molar-refractivity contribution in [1.82, 2.24) is 0 Å². The smallest absolute Gasteiger partial charge is 0.199 e. The lowest BCUT2D eigenvalue weighted by Crippen LogP contribution is -2.08. The summed E-state index contributed by atoms with van der Waals surface area (Å²) < 4.78 is 26.9. The Kier molecular flexibility index (Phi) is 3.68. The van der Waals surface area contributed by atoms with E-state index in [1.54, 1.807) is 12.1 Å². The first-order valence-electron chi connectivity index (χ1n) is 4.72. The number of rotatable bonds is 5. The summed E-state index contributed by atoms with van der Waals surface area (Å²) in [6.45, 7) is 1.92. The van der Waals surface area contributed by atoms with Crippen molar-refractivity contribution < 1.29 is 17.6 Å². The normalized spacial score (nSPS) is 11.6. The molecule has 0 saturated heterocycles. The number of Topliss-reactive ketones (excluding diaryl/α,β-unsaturated/α-hetero) is 1. The second kappa shape index (κ2) is 4.61. The van der Waals surface area contributed by atoms with Crippen LogP contribution >= 0.6 is 0 Å². The van der Waals surface area contributed by atoms with Gasteiger partial charge in [0.2, 0.25) is 0 Å². The van der Waals surface area contributed by atoms with E-state index < -0.39 is 9.84 Å². The SMILES string of the molecule is CCc1ccc(C(=O)CCS(C)(=O)=O)o1. The topological polar surface area (TPSA) is 64.3 Å². The molecule has 1 heterocycles. The number of furan rings is 1. The highest BCUT2D eigenvalue weighted by Gasteiger charge is 2.13. The van der Waals surface area contributed by atoms with Crippen molar-refractivity contribution in [1.29, 1.82) is 0 Å². The van der Waals surface area contributed by atoms with Gasteiger partial charge in [-0.1, -0.05) is 6.92 Å². The third-order valence-corrected chi connectivity index (χ3v) is 2.93. The minimum Gasteiger partial charge on any atom is -0.458 e. The van der Waals surface area contributed by atoms with Crippen LogP contribution in [0.25, 0.3) is 0 Å². The first-order valence-corrected chi connectivity index (χ1v) is 6.78. The van der Waals surface area contributed by atoms with Crippen molar-refractivity contribution >= 4 is 15.6 Å². The number of sulfone groups is 1. The second-order valence-electron chi connectivity index (χ2n) is 3.42. The zero-order valence-electron chi connectivity index (χ0n) is 8.82. The summed E-state index contributed by atoms with van der Waals surface area (Å²) in [5.74, 6) is 0.585. The maximum atomic E-state index is 11.5. The Bertz CT molecular complexity index is 442. The van der Waals surface area contributed by atoms with Crippen LogP contribution in [0.5, 0.6) is 0 Å². The van der Waals surface area contributed by atoms with Crippen LogP contribution < -0.4 is 0 Å². The molecule has 0 fully saturated rings. The molecule has 0 unspecified atom stereocenters. The quantitative estimate of drug-likeness (QED) is 0.718. The fourth-order valence-electron chi connectivity index (χ4n) is 1.12. The lowest BCUT2D eigenvalue weighted by molar-refractivity contribution is 0.0960. The zero-order chi connectivity index (χ0) is 11.5.